The average molecular weight is 432 g/mol. The minimum atomic E-state index is 0.556. The lowest BCUT2D eigenvalue weighted by molar-refractivity contribution is 0.835. The Labute approximate surface area is 164 Å². The van der Waals surface area contributed by atoms with Gasteiger partial charge in [0.25, 0.3) is 0 Å². The molecule has 1 aromatic heterocycles. The van der Waals surface area contributed by atoms with E-state index in [1.54, 1.807) is 0 Å². The zero-order valence-corrected chi connectivity index (χ0v) is 16.2. The van der Waals surface area contributed by atoms with Crippen molar-refractivity contribution in [2.24, 2.45) is 0 Å². The summed E-state index contributed by atoms with van der Waals surface area (Å²) in [7, 11) is 0. The van der Waals surface area contributed by atoms with Crippen LogP contribution in [0.3, 0.4) is 0 Å². The Kier molecular flexibility index (Phi) is 4.55. The number of imidazole rings is 1. The van der Waals surface area contributed by atoms with E-state index in [-0.39, 0.29) is 0 Å². The Hall–Kier alpha value is -1.81. The maximum absolute atomic E-state index is 6.40. The summed E-state index contributed by atoms with van der Waals surface area (Å²) in [5.74, 6) is 0.887. The lowest BCUT2D eigenvalue weighted by atomic mass is 10.2. The normalized spacial score (nSPS) is 11.2. The van der Waals surface area contributed by atoms with Crippen LogP contribution in [0.4, 0.5) is 0 Å². The smallest absolute Gasteiger partial charge is 0.141 e. The first-order valence-corrected chi connectivity index (χ1v) is 9.32. The van der Waals surface area contributed by atoms with Crippen LogP contribution in [0.25, 0.3) is 22.4 Å². The van der Waals surface area contributed by atoms with Gasteiger partial charge in [0.15, 0.2) is 0 Å². The van der Waals surface area contributed by atoms with Crippen molar-refractivity contribution in [1.29, 1.82) is 0 Å². The Balaban J connectivity index is 1.94. The van der Waals surface area contributed by atoms with Crippen LogP contribution in [0, 0.1) is 0 Å². The van der Waals surface area contributed by atoms with Crippen LogP contribution in [0.1, 0.15) is 5.56 Å². The van der Waals surface area contributed by atoms with Crippen molar-refractivity contribution in [3.8, 4) is 11.4 Å². The predicted molar refractivity (Wildman–Crippen MR) is 108 cm³/mol. The van der Waals surface area contributed by atoms with Gasteiger partial charge in [-0.3, -0.25) is 0 Å². The molecule has 0 aliphatic carbocycles. The number of hydrogen-bond donors (Lipinski definition) is 0. The zero-order chi connectivity index (χ0) is 17.4. The minimum Gasteiger partial charge on any atom is -0.319 e. The third kappa shape index (κ3) is 3.20. The molecule has 0 aliphatic rings. The number of fused-ring (bicyclic) bond motifs is 1. The minimum absolute atomic E-state index is 0.556. The van der Waals surface area contributed by atoms with Gasteiger partial charge < -0.3 is 4.57 Å². The van der Waals surface area contributed by atoms with Crippen LogP contribution in [0.15, 0.2) is 71.2 Å². The van der Waals surface area contributed by atoms with Crippen molar-refractivity contribution in [2.75, 3.05) is 0 Å². The van der Waals surface area contributed by atoms with Crippen molar-refractivity contribution in [1.82, 2.24) is 9.55 Å². The molecule has 0 fully saturated rings. The van der Waals surface area contributed by atoms with E-state index >= 15 is 0 Å². The highest BCUT2D eigenvalue weighted by Gasteiger charge is 2.15. The number of para-hydroxylation sites is 2. The molecule has 5 heteroatoms. The van der Waals surface area contributed by atoms with Gasteiger partial charge >= 0.3 is 0 Å². The average Bonchev–Trinajstić information content (AvgIpc) is 2.97. The van der Waals surface area contributed by atoms with Gasteiger partial charge in [0.05, 0.1) is 17.6 Å². The molecule has 25 heavy (non-hydrogen) atoms. The van der Waals surface area contributed by atoms with Gasteiger partial charge in [-0.2, -0.15) is 0 Å². The van der Waals surface area contributed by atoms with Crippen molar-refractivity contribution in [3.05, 3.63) is 86.8 Å². The maximum Gasteiger partial charge on any atom is 0.141 e. The third-order valence-corrected chi connectivity index (χ3v) is 5.32. The molecule has 0 spiro atoms. The number of hydrogen-bond acceptors (Lipinski definition) is 1. The van der Waals surface area contributed by atoms with E-state index in [9.17, 15) is 0 Å². The highest BCUT2D eigenvalue weighted by Crippen LogP contribution is 2.31. The Morgan fingerprint density at radius 1 is 0.880 bits per heavy atom. The molecule has 3 aromatic carbocycles. The number of halogens is 3. The fraction of sp³-hybridized carbons (Fsp3) is 0.0500. The maximum atomic E-state index is 6.40. The van der Waals surface area contributed by atoms with Crippen LogP contribution in [-0.4, -0.2) is 9.55 Å². The molecular weight excluding hydrogens is 419 g/mol. The molecule has 4 aromatic rings. The van der Waals surface area contributed by atoms with Crippen LogP contribution < -0.4 is 0 Å². The molecule has 0 atom stereocenters. The van der Waals surface area contributed by atoms with Gasteiger partial charge in [-0.15, -0.1) is 0 Å². The molecule has 0 amide bonds. The number of aromatic nitrogens is 2. The van der Waals surface area contributed by atoms with Crippen LogP contribution in [-0.2, 0) is 6.54 Å². The second-order valence-corrected chi connectivity index (χ2v) is 7.45. The van der Waals surface area contributed by atoms with E-state index in [1.165, 1.54) is 0 Å². The highest BCUT2D eigenvalue weighted by molar-refractivity contribution is 9.10. The molecule has 2 nitrogen and oxygen atoms in total. The third-order valence-electron chi connectivity index (χ3n) is 4.12. The first kappa shape index (κ1) is 16.6. The molecule has 0 aliphatic heterocycles. The molecule has 0 saturated carbocycles. The zero-order valence-electron chi connectivity index (χ0n) is 13.1. The lowest BCUT2D eigenvalue weighted by Crippen LogP contribution is -2.03. The van der Waals surface area contributed by atoms with Crippen molar-refractivity contribution < 1.29 is 0 Å². The molecule has 0 bridgehead atoms. The summed E-state index contributed by atoms with van der Waals surface area (Å²) >= 11 is 16.3. The van der Waals surface area contributed by atoms with Crippen molar-refractivity contribution >= 4 is 50.2 Å². The second-order valence-electron chi connectivity index (χ2n) is 5.72. The predicted octanol–water partition coefficient (Wildman–Crippen LogP) is 6.82. The fourth-order valence-electron chi connectivity index (χ4n) is 2.93. The molecule has 4 rings (SSSR count). The van der Waals surface area contributed by atoms with Crippen molar-refractivity contribution in [3.63, 3.8) is 0 Å². The van der Waals surface area contributed by atoms with Gasteiger partial charge in [0, 0.05) is 25.6 Å². The summed E-state index contributed by atoms with van der Waals surface area (Å²) in [6, 6.07) is 21.8. The fourth-order valence-corrected chi connectivity index (χ4v) is 3.84. The van der Waals surface area contributed by atoms with Crippen LogP contribution in [0.2, 0.25) is 10.0 Å². The Morgan fingerprint density at radius 3 is 2.36 bits per heavy atom. The van der Waals surface area contributed by atoms with Crippen molar-refractivity contribution in [2.45, 2.75) is 6.54 Å². The summed E-state index contributed by atoms with van der Waals surface area (Å²) < 4.78 is 3.17. The monoisotopic (exact) mass is 430 g/mol. The van der Waals surface area contributed by atoms with E-state index in [0.717, 1.165) is 32.5 Å². The number of rotatable bonds is 3. The molecule has 0 unspecified atom stereocenters. The van der Waals surface area contributed by atoms with E-state index in [2.05, 4.69) is 38.7 Å². The summed E-state index contributed by atoms with van der Waals surface area (Å²) in [6.07, 6.45) is 0. The van der Waals surface area contributed by atoms with Crippen LogP contribution >= 0.6 is 39.1 Å². The Bertz CT molecular complexity index is 1050. The first-order chi connectivity index (χ1) is 12.1. The molecule has 0 saturated heterocycles. The molecule has 0 radical (unpaired) electrons. The Morgan fingerprint density at radius 2 is 1.60 bits per heavy atom. The van der Waals surface area contributed by atoms with Gasteiger partial charge in [0.2, 0.25) is 0 Å². The standard InChI is InChI=1S/C20H13BrCl2N2/c21-14-6-3-5-13(11-14)20-24-18-9-1-2-10-19(18)25(20)12-15-16(22)7-4-8-17(15)23/h1-11H,12H2. The van der Waals surface area contributed by atoms with Gasteiger partial charge in [-0.05, 0) is 36.4 Å². The van der Waals surface area contributed by atoms with Gasteiger partial charge in [0.1, 0.15) is 5.82 Å². The number of nitrogens with zero attached hydrogens (tertiary/aromatic N) is 2. The lowest BCUT2D eigenvalue weighted by Gasteiger charge is -2.12. The van der Waals surface area contributed by atoms with E-state index < -0.39 is 0 Å². The van der Waals surface area contributed by atoms with E-state index in [1.807, 2.05) is 48.5 Å². The molecule has 124 valence electrons. The van der Waals surface area contributed by atoms with Gasteiger partial charge in [-0.25, -0.2) is 4.98 Å². The number of benzene rings is 3. The summed E-state index contributed by atoms with van der Waals surface area (Å²) in [5, 5.41) is 1.32. The van der Waals surface area contributed by atoms with Crippen LogP contribution in [0.5, 0.6) is 0 Å². The highest BCUT2D eigenvalue weighted by atomic mass is 79.9. The SMILES string of the molecule is Clc1cccc(Cl)c1Cn1c(-c2cccc(Br)c2)nc2ccccc21. The summed E-state index contributed by atoms with van der Waals surface area (Å²) in [5.41, 5.74) is 3.92. The second kappa shape index (κ2) is 6.83. The molecule has 1 heterocycles. The first-order valence-electron chi connectivity index (χ1n) is 7.77. The van der Waals surface area contributed by atoms with Gasteiger partial charge in [-0.1, -0.05) is 69.5 Å². The summed E-state index contributed by atoms with van der Waals surface area (Å²) in [4.78, 5) is 4.84. The largest absolute Gasteiger partial charge is 0.319 e. The quantitative estimate of drug-likeness (QED) is 0.348. The van der Waals surface area contributed by atoms with E-state index in [0.29, 0.717) is 16.6 Å². The molecular formula is C20H13BrCl2N2. The van der Waals surface area contributed by atoms with E-state index in [4.69, 9.17) is 28.2 Å². The topological polar surface area (TPSA) is 17.8 Å². The molecule has 0 N–H and O–H groups in total. The summed E-state index contributed by atoms with van der Waals surface area (Å²) in [6.45, 7) is 0.556.